The van der Waals surface area contributed by atoms with Gasteiger partial charge in [-0.3, -0.25) is 9.89 Å². The summed E-state index contributed by atoms with van der Waals surface area (Å²) in [5.41, 5.74) is 8.67. The highest BCUT2D eigenvalue weighted by Crippen LogP contribution is 2.21. The van der Waals surface area contributed by atoms with E-state index < -0.39 is 0 Å². The Morgan fingerprint density at radius 3 is 2.90 bits per heavy atom. The quantitative estimate of drug-likeness (QED) is 0.796. The van der Waals surface area contributed by atoms with Gasteiger partial charge in [0.1, 0.15) is 0 Å². The van der Waals surface area contributed by atoms with Gasteiger partial charge in [-0.1, -0.05) is 26.0 Å². The van der Waals surface area contributed by atoms with Crippen molar-refractivity contribution in [1.82, 2.24) is 15.5 Å². The van der Waals surface area contributed by atoms with Gasteiger partial charge in [0.05, 0.1) is 23.0 Å². The van der Waals surface area contributed by atoms with Gasteiger partial charge in [-0.2, -0.15) is 10.4 Å². The van der Waals surface area contributed by atoms with Crippen molar-refractivity contribution >= 4 is 11.6 Å². The topological polar surface area (TPSA) is 108 Å². The first-order valence-corrected chi connectivity index (χ1v) is 6.64. The van der Waals surface area contributed by atoms with Gasteiger partial charge in [0.15, 0.2) is 5.69 Å². The summed E-state index contributed by atoms with van der Waals surface area (Å²) in [6.45, 7) is 4.26. The number of anilines is 1. The number of nitrogens with one attached hydrogen (secondary N) is 2. The second-order valence-electron chi connectivity index (χ2n) is 5.05. The van der Waals surface area contributed by atoms with E-state index in [1.807, 2.05) is 19.9 Å². The Morgan fingerprint density at radius 1 is 1.52 bits per heavy atom. The van der Waals surface area contributed by atoms with Crippen LogP contribution in [0.1, 0.15) is 47.1 Å². The third-order valence-electron chi connectivity index (χ3n) is 3.14. The minimum atomic E-state index is -0.335. The summed E-state index contributed by atoms with van der Waals surface area (Å²) in [5, 5.41) is 18.3. The highest BCUT2D eigenvalue weighted by Gasteiger charge is 2.18. The SMILES string of the molecule is CC(C)c1[nH]nc(C(=O)NCc2cccc(C#N)c2)c1N. The molecule has 4 N–H and O–H groups in total. The standard InChI is InChI=1S/C15H17N5O/c1-9(2)13-12(17)14(20-19-13)15(21)18-8-11-5-3-4-10(6-11)7-16/h3-6,9H,8,17H2,1-2H3,(H,18,21)(H,19,20). The Hall–Kier alpha value is -2.81. The number of aromatic nitrogens is 2. The van der Waals surface area contributed by atoms with E-state index in [1.54, 1.807) is 18.2 Å². The number of carbonyl (C=O) groups is 1. The molecule has 6 heteroatoms. The van der Waals surface area contributed by atoms with E-state index in [2.05, 4.69) is 21.6 Å². The smallest absolute Gasteiger partial charge is 0.274 e. The fourth-order valence-electron chi connectivity index (χ4n) is 1.99. The van der Waals surface area contributed by atoms with Crippen LogP contribution >= 0.6 is 0 Å². The van der Waals surface area contributed by atoms with E-state index in [-0.39, 0.29) is 17.5 Å². The van der Waals surface area contributed by atoms with Crippen LogP contribution in [0.4, 0.5) is 5.69 Å². The first kappa shape index (κ1) is 14.6. The zero-order valence-corrected chi connectivity index (χ0v) is 12.0. The van der Waals surface area contributed by atoms with Crippen LogP contribution in [-0.2, 0) is 6.54 Å². The number of carbonyl (C=O) groups excluding carboxylic acids is 1. The average molecular weight is 283 g/mol. The predicted octanol–water partition coefficient (Wildman–Crippen LogP) is 1.92. The van der Waals surface area contributed by atoms with Crippen molar-refractivity contribution in [1.29, 1.82) is 5.26 Å². The summed E-state index contributed by atoms with van der Waals surface area (Å²) in [6, 6.07) is 9.13. The molecule has 2 rings (SSSR count). The van der Waals surface area contributed by atoms with Crippen LogP contribution in [0.3, 0.4) is 0 Å². The van der Waals surface area contributed by atoms with Gasteiger partial charge in [0, 0.05) is 6.54 Å². The summed E-state index contributed by atoms with van der Waals surface area (Å²) in [4.78, 5) is 12.1. The Labute approximate surface area is 123 Å². The summed E-state index contributed by atoms with van der Waals surface area (Å²) < 4.78 is 0. The molecule has 0 saturated carbocycles. The van der Waals surface area contributed by atoms with Crippen molar-refractivity contribution < 1.29 is 4.79 Å². The summed E-state index contributed by atoms with van der Waals surface area (Å²) in [5.74, 6) is -0.163. The molecule has 0 radical (unpaired) electrons. The first-order valence-electron chi connectivity index (χ1n) is 6.64. The molecular weight excluding hydrogens is 266 g/mol. The molecule has 0 aliphatic rings. The second kappa shape index (κ2) is 6.09. The maximum atomic E-state index is 12.1. The number of nitriles is 1. The Bertz CT molecular complexity index is 696. The van der Waals surface area contributed by atoms with Gasteiger partial charge < -0.3 is 11.1 Å². The number of rotatable bonds is 4. The Balaban J connectivity index is 2.07. The molecule has 0 unspecified atom stereocenters. The molecule has 0 aliphatic heterocycles. The van der Waals surface area contributed by atoms with Crippen LogP contribution in [-0.4, -0.2) is 16.1 Å². The van der Waals surface area contributed by atoms with Crippen molar-refractivity contribution in [2.45, 2.75) is 26.3 Å². The van der Waals surface area contributed by atoms with Crippen molar-refractivity contribution in [3.63, 3.8) is 0 Å². The summed E-state index contributed by atoms with van der Waals surface area (Å²) in [7, 11) is 0. The van der Waals surface area contributed by atoms with Crippen LogP contribution < -0.4 is 11.1 Å². The number of nitrogens with two attached hydrogens (primary N) is 1. The molecule has 0 spiro atoms. The van der Waals surface area contributed by atoms with E-state index in [9.17, 15) is 4.79 Å². The highest BCUT2D eigenvalue weighted by atomic mass is 16.1. The number of nitrogens with zero attached hydrogens (tertiary/aromatic N) is 2. The predicted molar refractivity (Wildman–Crippen MR) is 79.4 cm³/mol. The van der Waals surface area contributed by atoms with Crippen molar-refractivity contribution in [3.05, 3.63) is 46.8 Å². The molecule has 0 aliphatic carbocycles. The van der Waals surface area contributed by atoms with Gasteiger partial charge in [0.25, 0.3) is 5.91 Å². The Kier molecular flexibility index (Phi) is 4.24. The lowest BCUT2D eigenvalue weighted by molar-refractivity contribution is 0.0947. The number of benzene rings is 1. The van der Waals surface area contributed by atoms with E-state index in [0.29, 0.717) is 17.8 Å². The lowest BCUT2D eigenvalue weighted by Crippen LogP contribution is -2.24. The molecule has 1 amide bonds. The lowest BCUT2D eigenvalue weighted by atomic mass is 10.1. The van der Waals surface area contributed by atoms with E-state index in [1.165, 1.54) is 0 Å². The Morgan fingerprint density at radius 2 is 2.29 bits per heavy atom. The number of nitrogen functional groups attached to an aromatic ring is 1. The molecule has 1 heterocycles. The number of hydrogen-bond donors (Lipinski definition) is 3. The van der Waals surface area contributed by atoms with Crippen molar-refractivity contribution in [2.75, 3.05) is 5.73 Å². The lowest BCUT2D eigenvalue weighted by Gasteiger charge is -2.05. The van der Waals surface area contributed by atoms with Gasteiger partial charge in [0.2, 0.25) is 0 Å². The fraction of sp³-hybridized carbons (Fsp3) is 0.267. The van der Waals surface area contributed by atoms with Crippen molar-refractivity contribution in [3.8, 4) is 6.07 Å². The zero-order valence-electron chi connectivity index (χ0n) is 12.0. The van der Waals surface area contributed by atoms with E-state index in [0.717, 1.165) is 11.3 Å². The number of H-pyrrole nitrogens is 1. The molecule has 0 fully saturated rings. The minimum absolute atomic E-state index is 0.173. The summed E-state index contributed by atoms with van der Waals surface area (Å²) >= 11 is 0. The highest BCUT2D eigenvalue weighted by molar-refractivity contribution is 5.97. The fourth-order valence-corrected chi connectivity index (χ4v) is 1.99. The molecule has 2 aromatic rings. The van der Waals surface area contributed by atoms with Crippen LogP contribution in [0, 0.1) is 11.3 Å². The maximum absolute atomic E-state index is 12.1. The summed E-state index contributed by atoms with van der Waals surface area (Å²) in [6.07, 6.45) is 0. The maximum Gasteiger partial charge on any atom is 0.274 e. The number of aromatic amines is 1. The molecule has 21 heavy (non-hydrogen) atoms. The zero-order chi connectivity index (χ0) is 15.4. The molecule has 108 valence electrons. The molecule has 0 bridgehead atoms. The molecule has 0 saturated heterocycles. The monoisotopic (exact) mass is 283 g/mol. The van der Waals surface area contributed by atoms with Gasteiger partial charge in [-0.05, 0) is 23.6 Å². The van der Waals surface area contributed by atoms with Crippen LogP contribution in [0.5, 0.6) is 0 Å². The average Bonchev–Trinajstić information content (AvgIpc) is 2.87. The first-order chi connectivity index (χ1) is 10.0. The van der Waals surface area contributed by atoms with Crippen LogP contribution in [0.25, 0.3) is 0 Å². The molecule has 1 aromatic carbocycles. The molecule has 6 nitrogen and oxygen atoms in total. The second-order valence-corrected chi connectivity index (χ2v) is 5.05. The van der Waals surface area contributed by atoms with Crippen LogP contribution in [0.15, 0.2) is 24.3 Å². The number of hydrogen-bond acceptors (Lipinski definition) is 4. The normalized spacial score (nSPS) is 10.4. The molecular formula is C15H17N5O. The van der Waals surface area contributed by atoms with Gasteiger partial charge >= 0.3 is 0 Å². The molecule has 0 atom stereocenters. The van der Waals surface area contributed by atoms with Crippen LogP contribution in [0.2, 0.25) is 0 Å². The third kappa shape index (κ3) is 3.20. The third-order valence-corrected chi connectivity index (χ3v) is 3.14. The minimum Gasteiger partial charge on any atom is -0.395 e. The molecule has 1 aromatic heterocycles. The largest absolute Gasteiger partial charge is 0.395 e. The number of amides is 1. The van der Waals surface area contributed by atoms with E-state index >= 15 is 0 Å². The van der Waals surface area contributed by atoms with Gasteiger partial charge in [-0.25, -0.2) is 0 Å². The van der Waals surface area contributed by atoms with Crippen molar-refractivity contribution in [2.24, 2.45) is 0 Å². The van der Waals surface area contributed by atoms with Gasteiger partial charge in [-0.15, -0.1) is 0 Å². The van der Waals surface area contributed by atoms with E-state index in [4.69, 9.17) is 11.0 Å².